The number of benzene rings is 4. The Morgan fingerprint density at radius 3 is 1.43 bits per heavy atom. The second kappa shape index (κ2) is 25.4. The molecule has 0 aliphatic heterocycles. The molecule has 0 fully saturated rings. The molecule has 0 saturated carbocycles. The molecule has 0 unspecified atom stereocenters. The number of nitrogens with two attached hydrogens (primary N) is 1. The first-order chi connectivity index (χ1) is 23.5. The van der Waals surface area contributed by atoms with Crippen LogP contribution >= 0.6 is 35.0 Å². The van der Waals surface area contributed by atoms with E-state index in [2.05, 4.69) is 24.1 Å². The standard InChI is InChI=1S/C18H22ClN3O2S.C7H7ClNO2S.C6H6ClN.C5H9N.2CH4.Na/c1-13-5-11-16(12-6-13)25(23,24)22-17(21-18(2,3)4)20-15-9-7-14(19)8-10-15;1-6-2-4-7(5-3-6)12(10,11)9-8;7-5-1-3-6(8)4-2-5;1-5(2,3)6-4;;;/h5-12H,1-4H3,(H2,20,21,22);2-5H,1H3;1-4H,8H2;1-3H3;2*1H4;/q;-1;;;;;+1. The SMILES string of the molecule is C.C.Cc1ccc(S(=O)(=O)NC(=NC(C)(C)C)Nc2ccc(Cl)cc2)cc1.Cc1ccc(S(=O)(=O)[N-]Cl)cc1.Nc1ccc(Cl)cc1.[C-]#[N+]C(C)(C)C.[Na+]. The van der Waals surface area contributed by atoms with E-state index in [0.29, 0.717) is 10.7 Å². The minimum absolute atomic E-state index is 0. The fourth-order valence-electron chi connectivity index (χ4n) is 3.20. The van der Waals surface area contributed by atoms with Crippen LogP contribution in [0.3, 0.4) is 0 Å². The average Bonchev–Trinajstić information content (AvgIpc) is 3.03. The van der Waals surface area contributed by atoms with Crippen molar-refractivity contribution < 1.29 is 46.4 Å². The van der Waals surface area contributed by atoms with Crippen LogP contribution in [0, 0.1) is 20.4 Å². The molecule has 0 atom stereocenters. The van der Waals surface area contributed by atoms with Gasteiger partial charge >= 0.3 is 29.6 Å². The van der Waals surface area contributed by atoms with E-state index in [0.717, 1.165) is 21.8 Å². The molecule has 0 aliphatic rings. The third-order valence-electron chi connectivity index (χ3n) is 5.73. The molecule has 0 bridgehead atoms. The molecule has 10 nitrogen and oxygen atoms in total. The first-order valence-corrected chi connectivity index (χ1v) is 19.2. The average molecular weight is 850 g/mol. The Kier molecular flexibility index (Phi) is 26.1. The summed E-state index contributed by atoms with van der Waals surface area (Å²) in [6.45, 7) is 21.6. The van der Waals surface area contributed by atoms with Gasteiger partial charge < -0.3 is 20.1 Å². The molecule has 4 aromatic carbocycles. The molecule has 16 heteroatoms. The van der Waals surface area contributed by atoms with E-state index in [1.807, 2.05) is 55.4 Å². The molecule has 0 aromatic heterocycles. The summed E-state index contributed by atoms with van der Waals surface area (Å²) in [5, 5.41) is 4.32. The van der Waals surface area contributed by atoms with Gasteiger partial charge in [0, 0.05) is 47.1 Å². The van der Waals surface area contributed by atoms with Crippen LogP contribution in [0.2, 0.25) is 10.0 Å². The van der Waals surface area contributed by atoms with Crippen LogP contribution in [0.4, 0.5) is 11.4 Å². The van der Waals surface area contributed by atoms with Crippen LogP contribution in [-0.4, -0.2) is 33.9 Å². The normalized spacial score (nSPS) is 11.0. The minimum Gasteiger partial charge on any atom is -0.458 e. The maximum Gasteiger partial charge on any atom is 1.00 e. The number of rotatable bonds is 5. The number of nitrogen functional groups attached to an aromatic ring is 1. The molecule has 0 radical (unpaired) electrons. The zero-order chi connectivity index (χ0) is 39.0. The molecule has 292 valence electrons. The van der Waals surface area contributed by atoms with Crippen molar-refractivity contribution in [3.05, 3.63) is 134 Å². The molecule has 0 amide bonds. The van der Waals surface area contributed by atoms with Gasteiger partial charge in [0.25, 0.3) is 10.0 Å². The number of guanidine groups is 1. The van der Waals surface area contributed by atoms with Crippen molar-refractivity contribution in [2.75, 3.05) is 11.1 Å². The van der Waals surface area contributed by atoms with Crippen molar-refractivity contribution in [2.45, 2.75) is 91.1 Å². The zero-order valence-corrected chi connectivity index (χ0v) is 36.6. The minimum atomic E-state index is -3.75. The van der Waals surface area contributed by atoms with E-state index in [4.69, 9.17) is 47.3 Å². The molecule has 4 aromatic rings. The smallest absolute Gasteiger partial charge is 0.458 e. The second-order valence-corrected chi connectivity index (χ2v) is 17.4. The first-order valence-electron chi connectivity index (χ1n) is 15.2. The summed E-state index contributed by atoms with van der Waals surface area (Å²) in [6, 6.07) is 26.9. The summed E-state index contributed by atoms with van der Waals surface area (Å²) in [5.74, 6) is 0.149. The van der Waals surface area contributed by atoms with Crippen LogP contribution in [0.15, 0.2) is 112 Å². The third kappa shape index (κ3) is 23.8. The van der Waals surface area contributed by atoms with E-state index in [1.54, 1.807) is 84.9 Å². The Bertz CT molecular complexity index is 1940. The van der Waals surface area contributed by atoms with Crippen molar-refractivity contribution in [2.24, 2.45) is 4.99 Å². The number of sulfonamides is 2. The predicted molar refractivity (Wildman–Crippen MR) is 227 cm³/mol. The molecule has 0 heterocycles. The third-order valence-corrected chi connectivity index (χ3v) is 9.19. The van der Waals surface area contributed by atoms with Gasteiger partial charge in [-0.25, -0.2) is 33.1 Å². The Hall–Kier alpha value is -2.83. The fourth-order valence-corrected chi connectivity index (χ4v) is 5.21. The Morgan fingerprint density at radius 2 is 1.09 bits per heavy atom. The largest absolute Gasteiger partial charge is 1.00 e. The number of hydrogen-bond acceptors (Lipinski definition) is 6. The Labute approximate surface area is 361 Å². The molecular formula is C38H52Cl3N6NaO4S2. The number of halogens is 3. The number of aliphatic imine (C=N–C) groups is 1. The van der Waals surface area contributed by atoms with Gasteiger partial charge in [-0.3, -0.25) is 11.8 Å². The van der Waals surface area contributed by atoms with Crippen LogP contribution in [0.5, 0.6) is 0 Å². The van der Waals surface area contributed by atoms with Crippen molar-refractivity contribution in [1.82, 2.24) is 4.72 Å². The number of anilines is 2. The van der Waals surface area contributed by atoms with Gasteiger partial charge in [-0.05, 0) is 107 Å². The van der Waals surface area contributed by atoms with Crippen LogP contribution < -0.4 is 45.3 Å². The molecule has 0 saturated heterocycles. The Morgan fingerprint density at radius 1 is 0.722 bits per heavy atom. The topological polar surface area (TPSA) is 149 Å². The van der Waals surface area contributed by atoms with E-state index < -0.39 is 25.6 Å². The molecule has 0 aliphatic carbocycles. The van der Waals surface area contributed by atoms with Gasteiger partial charge in [0.05, 0.1) is 10.4 Å². The molecular weight excluding hydrogens is 798 g/mol. The van der Waals surface area contributed by atoms with Gasteiger partial charge in [-0.2, -0.15) is 0 Å². The van der Waals surface area contributed by atoms with E-state index >= 15 is 0 Å². The van der Waals surface area contributed by atoms with Gasteiger partial charge in [0.2, 0.25) is 11.5 Å². The summed E-state index contributed by atoms with van der Waals surface area (Å²) < 4.78 is 52.6. The van der Waals surface area contributed by atoms with Crippen molar-refractivity contribution in [3.8, 4) is 0 Å². The van der Waals surface area contributed by atoms with Crippen molar-refractivity contribution in [1.29, 1.82) is 0 Å². The monoisotopic (exact) mass is 848 g/mol. The van der Waals surface area contributed by atoms with Crippen molar-refractivity contribution in [3.63, 3.8) is 0 Å². The zero-order valence-electron chi connectivity index (χ0n) is 30.7. The maximum atomic E-state index is 12.6. The Balaban J connectivity index is -0.000000745. The van der Waals surface area contributed by atoms with E-state index in [-0.39, 0.29) is 65.7 Å². The fraction of sp³-hybridized carbons (Fsp3) is 0.316. The molecule has 4 N–H and O–H groups in total. The number of nitrogens with one attached hydrogen (secondary N) is 2. The number of hydrogen-bond donors (Lipinski definition) is 3. The van der Waals surface area contributed by atoms with Gasteiger partial charge in [0.1, 0.15) is 10.0 Å². The molecule has 0 spiro atoms. The maximum absolute atomic E-state index is 12.6. The van der Waals surface area contributed by atoms with Crippen LogP contribution in [-0.2, 0) is 20.0 Å². The molecule has 54 heavy (non-hydrogen) atoms. The number of aryl methyl sites for hydroxylation is 2. The van der Waals surface area contributed by atoms with E-state index in [9.17, 15) is 16.8 Å². The van der Waals surface area contributed by atoms with Crippen LogP contribution in [0.25, 0.3) is 9.09 Å². The summed E-state index contributed by atoms with van der Waals surface area (Å²) in [4.78, 5) is 8.00. The quantitative estimate of drug-likeness (QED) is 0.0605. The van der Waals surface area contributed by atoms with Gasteiger partial charge in [-0.1, -0.05) is 73.4 Å². The van der Waals surface area contributed by atoms with Crippen molar-refractivity contribution >= 4 is 72.4 Å². The van der Waals surface area contributed by atoms with Gasteiger partial charge in [-0.15, -0.1) is 0 Å². The predicted octanol–water partition coefficient (Wildman–Crippen LogP) is 8.31. The molecule has 4 rings (SSSR count). The summed E-state index contributed by atoms with van der Waals surface area (Å²) in [6.07, 6.45) is 0. The first kappa shape index (κ1) is 55.5. The second-order valence-electron chi connectivity index (χ2n) is 12.9. The van der Waals surface area contributed by atoms with E-state index in [1.165, 1.54) is 12.1 Å². The summed E-state index contributed by atoms with van der Waals surface area (Å²) in [7, 11) is -7.37. The van der Waals surface area contributed by atoms with Crippen LogP contribution in [0.1, 0.15) is 67.5 Å². The van der Waals surface area contributed by atoms with Gasteiger partial charge in [0.15, 0.2) is 0 Å². The number of nitrogens with zero attached hydrogens (tertiary/aromatic N) is 3. The summed E-state index contributed by atoms with van der Waals surface area (Å²) in [5.41, 5.74) is 8.14. The summed E-state index contributed by atoms with van der Waals surface area (Å²) >= 11 is 16.3.